The molecule has 1 aliphatic heterocycles. The van der Waals surface area contributed by atoms with E-state index in [0.717, 1.165) is 12.0 Å². The number of nitrogens with one attached hydrogen (secondary N) is 1. The van der Waals surface area contributed by atoms with Gasteiger partial charge in [0, 0.05) is 21.7 Å². The Bertz CT molecular complexity index is 1090. The van der Waals surface area contributed by atoms with Crippen molar-refractivity contribution < 1.29 is 19.1 Å². The Labute approximate surface area is 192 Å². The van der Waals surface area contributed by atoms with Crippen LogP contribution in [-0.4, -0.2) is 24.7 Å². The Morgan fingerprint density at radius 3 is 2.25 bits per heavy atom. The molecule has 2 atom stereocenters. The van der Waals surface area contributed by atoms with Gasteiger partial charge in [-0.3, -0.25) is 0 Å². The van der Waals surface area contributed by atoms with Crippen LogP contribution in [0.5, 0.6) is 0 Å². The number of carbonyl (C=O) groups excluding carboxylic acids is 2. The molecule has 1 heterocycles. The molecule has 1 N–H and O–H groups in total. The molecule has 0 spiro atoms. The van der Waals surface area contributed by atoms with Crippen LogP contribution in [0.3, 0.4) is 0 Å². The molecule has 3 aromatic rings. The number of hydrogen-bond donors (Lipinski definition) is 1. The van der Waals surface area contributed by atoms with Crippen LogP contribution in [0.25, 0.3) is 0 Å². The topological polar surface area (TPSA) is 64.6 Å². The molecule has 32 heavy (non-hydrogen) atoms. The molecule has 0 aromatic heterocycles. The normalized spacial score (nSPS) is 17.4. The number of hydrogen-bond acceptors (Lipinski definition) is 5. The fourth-order valence-electron chi connectivity index (χ4n) is 4.04. The largest absolute Gasteiger partial charge is 0.517 e. The van der Waals surface area contributed by atoms with Gasteiger partial charge in [0.2, 0.25) is 0 Å². The van der Waals surface area contributed by atoms with Crippen molar-refractivity contribution in [3.8, 4) is 0 Å². The van der Waals surface area contributed by atoms with E-state index in [-0.39, 0.29) is 0 Å². The van der Waals surface area contributed by atoms with Gasteiger partial charge in [-0.1, -0.05) is 90.0 Å². The molecule has 1 unspecified atom stereocenters. The molecule has 164 valence electrons. The smallest absolute Gasteiger partial charge is 0.412 e. The first-order valence-electron chi connectivity index (χ1n) is 10.6. The van der Waals surface area contributed by atoms with Crippen molar-refractivity contribution in [1.82, 2.24) is 5.32 Å². The number of rotatable bonds is 5. The van der Waals surface area contributed by atoms with E-state index < -0.39 is 23.8 Å². The first-order valence-corrected chi connectivity index (χ1v) is 10.9. The van der Waals surface area contributed by atoms with E-state index in [1.807, 2.05) is 79.7 Å². The van der Waals surface area contributed by atoms with Crippen molar-refractivity contribution in [2.45, 2.75) is 31.4 Å². The summed E-state index contributed by atoms with van der Waals surface area (Å²) < 4.78 is 11.2. The zero-order valence-electron chi connectivity index (χ0n) is 17.7. The minimum atomic E-state index is -1.41. The van der Waals surface area contributed by atoms with Crippen LogP contribution in [0.1, 0.15) is 35.1 Å². The molecule has 6 heteroatoms. The standard InChI is InChI=1S/C26H24ClNO4/c1-18-13-15-20(16-14-18)26(19-8-3-2-4-9-19,21-10-5-6-11-22(21)27)32-25(30)31-24(29)23-12-7-17-28-23/h2-6,8-11,13-16,23,28H,7,12,17H2,1H3/t23-,26?/m0/s1. The van der Waals surface area contributed by atoms with Gasteiger partial charge in [0.05, 0.1) is 0 Å². The highest BCUT2D eigenvalue weighted by Crippen LogP contribution is 2.43. The number of aryl methyl sites for hydroxylation is 1. The summed E-state index contributed by atoms with van der Waals surface area (Å²) in [5.41, 5.74) is 1.58. The first kappa shape index (κ1) is 22.1. The lowest BCUT2D eigenvalue weighted by molar-refractivity contribution is -0.143. The highest BCUT2D eigenvalue weighted by molar-refractivity contribution is 6.31. The lowest BCUT2D eigenvalue weighted by Gasteiger charge is -2.35. The second-order valence-electron chi connectivity index (χ2n) is 7.82. The summed E-state index contributed by atoms with van der Waals surface area (Å²) in [7, 11) is 0. The second-order valence-corrected chi connectivity index (χ2v) is 8.22. The monoisotopic (exact) mass is 449 g/mol. The van der Waals surface area contributed by atoms with E-state index in [1.54, 1.807) is 6.07 Å². The quantitative estimate of drug-likeness (QED) is 0.322. The molecule has 1 fully saturated rings. The van der Waals surface area contributed by atoms with Crippen LogP contribution in [0.2, 0.25) is 5.02 Å². The van der Waals surface area contributed by atoms with Gasteiger partial charge < -0.3 is 14.8 Å². The van der Waals surface area contributed by atoms with Gasteiger partial charge >= 0.3 is 12.1 Å². The van der Waals surface area contributed by atoms with E-state index in [2.05, 4.69) is 5.32 Å². The lowest BCUT2D eigenvalue weighted by atomic mass is 9.80. The van der Waals surface area contributed by atoms with Crippen LogP contribution in [-0.2, 0) is 19.9 Å². The van der Waals surface area contributed by atoms with Gasteiger partial charge in [-0.05, 0) is 32.4 Å². The molecule has 1 saturated heterocycles. The Balaban J connectivity index is 1.82. The number of esters is 1. The van der Waals surface area contributed by atoms with Gasteiger partial charge in [0.25, 0.3) is 0 Å². The third-order valence-electron chi connectivity index (χ3n) is 5.66. The number of halogens is 1. The molecule has 0 radical (unpaired) electrons. The van der Waals surface area contributed by atoms with E-state index in [1.165, 1.54) is 0 Å². The van der Waals surface area contributed by atoms with Gasteiger partial charge in [-0.25, -0.2) is 9.59 Å². The Kier molecular flexibility index (Phi) is 6.58. The Morgan fingerprint density at radius 1 is 0.938 bits per heavy atom. The third kappa shape index (κ3) is 4.40. The molecule has 1 aliphatic rings. The van der Waals surface area contributed by atoms with E-state index in [9.17, 15) is 9.59 Å². The van der Waals surface area contributed by atoms with E-state index in [4.69, 9.17) is 21.1 Å². The van der Waals surface area contributed by atoms with Gasteiger partial charge in [0.1, 0.15) is 6.04 Å². The number of carbonyl (C=O) groups is 2. The maximum absolute atomic E-state index is 13.0. The van der Waals surface area contributed by atoms with Crippen molar-refractivity contribution in [2.75, 3.05) is 6.54 Å². The molecular formula is C26H24ClNO4. The maximum Gasteiger partial charge on any atom is 0.517 e. The number of benzene rings is 3. The highest BCUT2D eigenvalue weighted by Gasteiger charge is 2.43. The molecule has 0 saturated carbocycles. The summed E-state index contributed by atoms with van der Waals surface area (Å²) in [5.74, 6) is -0.641. The van der Waals surface area contributed by atoms with Crippen LogP contribution >= 0.6 is 11.6 Å². The summed E-state index contributed by atoms with van der Waals surface area (Å²) in [4.78, 5) is 25.4. The summed E-state index contributed by atoms with van der Waals surface area (Å²) in [5, 5.41) is 3.46. The van der Waals surface area contributed by atoms with Crippen LogP contribution in [0, 0.1) is 6.92 Å². The van der Waals surface area contributed by atoms with Crippen molar-refractivity contribution in [3.05, 3.63) is 106 Å². The SMILES string of the molecule is Cc1ccc(C(OC(=O)OC(=O)[C@@H]2CCCN2)(c2ccccc2)c2ccccc2Cl)cc1. The van der Waals surface area contributed by atoms with Crippen molar-refractivity contribution in [3.63, 3.8) is 0 Å². The van der Waals surface area contributed by atoms with Crippen molar-refractivity contribution in [2.24, 2.45) is 0 Å². The first-order chi connectivity index (χ1) is 15.5. The minimum Gasteiger partial charge on any atom is -0.412 e. The summed E-state index contributed by atoms with van der Waals surface area (Å²) in [6, 6.07) is 23.6. The van der Waals surface area contributed by atoms with E-state index >= 15 is 0 Å². The fraction of sp³-hybridized carbons (Fsp3) is 0.231. The Morgan fingerprint density at radius 2 is 1.59 bits per heavy atom. The van der Waals surface area contributed by atoms with Crippen LogP contribution in [0.15, 0.2) is 78.9 Å². The van der Waals surface area contributed by atoms with Gasteiger partial charge in [-0.2, -0.15) is 0 Å². The summed E-state index contributed by atoms with van der Waals surface area (Å²) in [6.45, 7) is 2.69. The van der Waals surface area contributed by atoms with Crippen LogP contribution < -0.4 is 5.32 Å². The van der Waals surface area contributed by atoms with Crippen molar-refractivity contribution in [1.29, 1.82) is 0 Å². The predicted octanol–water partition coefficient (Wildman–Crippen LogP) is 5.37. The van der Waals surface area contributed by atoms with Gasteiger partial charge in [0.15, 0.2) is 5.60 Å². The van der Waals surface area contributed by atoms with Crippen molar-refractivity contribution >= 4 is 23.7 Å². The average molecular weight is 450 g/mol. The Hall–Kier alpha value is -3.15. The number of ether oxygens (including phenoxy) is 2. The third-order valence-corrected chi connectivity index (χ3v) is 5.99. The fourth-order valence-corrected chi connectivity index (χ4v) is 4.31. The molecular weight excluding hydrogens is 426 g/mol. The van der Waals surface area contributed by atoms with E-state index in [0.29, 0.717) is 34.7 Å². The highest BCUT2D eigenvalue weighted by atomic mass is 35.5. The maximum atomic E-state index is 13.0. The average Bonchev–Trinajstić information content (AvgIpc) is 3.34. The minimum absolute atomic E-state index is 0.425. The zero-order valence-corrected chi connectivity index (χ0v) is 18.5. The second kappa shape index (κ2) is 9.55. The molecule has 0 aliphatic carbocycles. The molecule has 4 rings (SSSR count). The van der Waals surface area contributed by atoms with Crippen LogP contribution in [0.4, 0.5) is 4.79 Å². The molecule has 5 nitrogen and oxygen atoms in total. The van der Waals surface area contributed by atoms with Gasteiger partial charge in [-0.15, -0.1) is 0 Å². The predicted molar refractivity (Wildman–Crippen MR) is 123 cm³/mol. The lowest BCUT2D eigenvalue weighted by Crippen LogP contribution is -2.39. The molecule has 3 aromatic carbocycles. The summed E-state index contributed by atoms with van der Waals surface area (Å²) >= 11 is 6.62. The molecule has 0 bridgehead atoms. The summed E-state index contributed by atoms with van der Waals surface area (Å²) in [6.07, 6.45) is 0.400. The molecule has 0 amide bonds. The zero-order chi connectivity index (χ0) is 22.6.